The Morgan fingerprint density at radius 3 is 2.20 bits per heavy atom. The van der Waals surface area contributed by atoms with Crippen LogP contribution < -0.4 is 17.2 Å². The Balaban J connectivity index is 0. The van der Waals surface area contributed by atoms with E-state index in [1.54, 1.807) is 0 Å². The molecular weight excluding hydrogens is 320 g/mol. The Morgan fingerprint density at radius 2 is 1.85 bits per heavy atom. The van der Waals surface area contributed by atoms with Crippen molar-refractivity contribution < 1.29 is 26.0 Å². The Hall–Kier alpha value is 0.650. The van der Waals surface area contributed by atoms with Gasteiger partial charge in [-0.3, -0.25) is 4.57 Å². The Labute approximate surface area is 135 Å². The van der Waals surface area contributed by atoms with Crippen molar-refractivity contribution in [3.8, 4) is 0 Å². The molecule has 0 aliphatic heterocycles. The topological polar surface area (TPSA) is 41.6 Å². The number of hydrogen-bond donors (Lipinski definition) is 1. The van der Waals surface area contributed by atoms with Gasteiger partial charge in [0, 0.05) is 18.8 Å². The highest BCUT2D eigenvalue weighted by Gasteiger charge is 2.31. The highest BCUT2D eigenvalue weighted by Crippen LogP contribution is 2.50. The molecule has 0 amide bonds. The average molecular weight is 350 g/mol. The summed E-state index contributed by atoms with van der Waals surface area (Å²) in [6.45, 7) is 5.61. The van der Waals surface area contributed by atoms with E-state index in [1.807, 2.05) is 25.6 Å². The first-order chi connectivity index (χ1) is 8.46. The molecule has 0 rings (SSSR count). The second-order valence-corrected chi connectivity index (χ2v) is 9.63. The van der Waals surface area contributed by atoms with Crippen LogP contribution in [0.3, 0.4) is 0 Å². The molecule has 0 radical (unpaired) electrons. The van der Waals surface area contributed by atoms with Gasteiger partial charge in [0.2, 0.25) is 0 Å². The molecule has 1 atom stereocenters. The highest BCUT2D eigenvalue weighted by atomic mass is 35.5. The molecule has 0 spiro atoms. The number of nitrogens with zero attached hydrogens (tertiary/aromatic N) is 2. The van der Waals surface area contributed by atoms with Crippen LogP contribution in [-0.2, 0) is 9.09 Å². The molecule has 124 valence electrons. The number of halogens is 2. The van der Waals surface area contributed by atoms with E-state index in [0.717, 1.165) is 17.6 Å². The summed E-state index contributed by atoms with van der Waals surface area (Å²) in [4.78, 5) is 2.71. The predicted octanol–water partition coefficient (Wildman–Crippen LogP) is -0.620. The fourth-order valence-electron chi connectivity index (χ4n) is 1.47. The molecule has 0 aromatic heterocycles. The van der Waals surface area contributed by atoms with Gasteiger partial charge in [-0.15, -0.1) is 0 Å². The molecule has 20 heavy (non-hydrogen) atoms. The Kier molecular flexibility index (Phi) is 10.2. The normalized spacial score (nSPS) is 15.8. The zero-order valence-corrected chi connectivity index (χ0v) is 16.1. The minimum Gasteiger partial charge on any atom is -1.00 e. The van der Waals surface area contributed by atoms with Crippen LogP contribution in [-0.4, -0.2) is 69.2 Å². The van der Waals surface area contributed by atoms with Crippen LogP contribution in [0.2, 0.25) is 0 Å². The fraction of sp³-hybridized carbons (Fsp3) is 1.00. The van der Waals surface area contributed by atoms with Crippen LogP contribution in [0.5, 0.6) is 0 Å². The van der Waals surface area contributed by atoms with Gasteiger partial charge in [0.1, 0.15) is 0 Å². The standard InChI is InChI=1S/C12H30ClN3O2P.ClH/c1-12(2,14-13)8-11-19(17,18-7)15(3)9-10-16(4,5)6;/h14H,8-11H2,1-7H3;1H/q+1;/p-1. The summed E-state index contributed by atoms with van der Waals surface area (Å²) in [6.07, 6.45) is 1.18. The van der Waals surface area contributed by atoms with Crippen LogP contribution in [0.4, 0.5) is 0 Å². The number of quaternary nitrogens is 1. The summed E-state index contributed by atoms with van der Waals surface area (Å²) >= 11 is 5.67. The molecular formula is C12H30Cl2N3O2P. The van der Waals surface area contributed by atoms with E-state index in [-0.39, 0.29) is 17.9 Å². The monoisotopic (exact) mass is 349 g/mol. The molecule has 0 fully saturated rings. The van der Waals surface area contributed by atoms with Gasteiger partial charge in [0.25, 0.3) is 7.52 Å². The summed E-state index contributed by atoms with van der Waals surface area (Å²) < 4.78 is 20.8. The average Bonchev–Trinajstić information content (AvgIpc) is 2.32. The van der Waals surface area contributed by atoms with Crippen molar-refractivity contribution in [1.29, 1.82) is 0 Å². The summed E-state index contributed by atoms with van der Waals surface area (Å²) in [5.74, 6) is 0. The Bertz CT molecular complexity index is 322. The van der Waals surface area contributed by atoms with Crippen molar-refractivity contribution in [3.05, 3.63) is 0 Å². The van der Waals surface area contributed by atoms with Crippen molar-refractivity contribution in [1.82, 2.24) is 9.51 Å². The molecule has 0 heterocycles. The molecule has 0 aromatic carbocycles. The van der Waals surface area contributed by atoms with Gasteiger partial charge in [0.05, 0.1) is 34.2 Å². The number of likely N-dealkylation sites (N-methyl/N-ethyl adjacent to an activating group) is 2. The maximum absolute atomic E-state index is 12.8. The van der Waals surface area contributed by atoms with E-state index >= 15 is 0 Å². The lowest BCUT2D eigenvalue weighted by molar-refractivity contribution is -0.869. The van der Waals surface area contributed by atoms with Crippen LogP contribution in [0.25, 0.3) is 0 Å². The molecule has 1 unspecified atom stereocenters. The molecule has 0 bridgehead atoms. The smallest absolute Gasteiger partial charge is 0.272 e. The maximum Gasteiger partial charge on any atom is 0.272 e. The van der Waals surface area contributed by atoms with Crippen molar-refractivity contribution >= 4 is 19.3 Å². The van der Waals surface area contributed by atoms with Gasteiger partial charge in [-0.1, -0.05) is 0 Å². The number of rotatable bonds is 9. The molecule has 0 saturated heterocycles. The minimum atomic E-state index is -2.76. The van der Waals surface area contributed by atoms with Crippen LogP contribution in [0.1, 0.15) is 20.3 Å². The molecule has 0 aromatic rings. The SMILES string of the molecule is COP(=O)(CCC(C)(C)NCl)N(C)CC[N+](C)(C)C.[Cl-]. The van der Waals surface area contributed by atoms with Crippen LogP contribution in [0.15, 0.2) is 0 Å². The summed E-state index contributed by atoms with van der Waals surface area (Å²) in [7, 11) is 6.97. The van der Waals surface area contributed by atoms with E-state index in [1.165, 1.54) is 7.11 Å². The molecule has 1 N–H and O–H groups in total. The van der Waals surface area contributed by atoms with Gasteiger partial charge in [0.15, 0.2) is 0 Å². The molecule has 0 aliphatic carbocycles. The number of nitrogens with one attached hydrogen (secondary N) is 1. The lowest BCUT2D eigenvalue weighted by Crippen LogP contribution is -3.00. The summed E-state index contributed by atoms with van der Waals surface area (Å²) in [5.41, 5.74) is -0.253. The van der Waals surface area contributed by atoms with Crippen molar-refractivity contribution in [2.45, 2.75) is 25.8 Å². The van der Waals surface area contributed by atoms with Gasteiger partial charge in [-0.2, -0.15) is 0 Å². The van der Waals surface area contributed by atoms with Crippen molar-refractivity contribution in [2.75, 3.05) is 54.6 Å². The Morgan fingerprint density at radius 1 is 1.35 bits per heavy atom. The number of hydrogen-bond acceptors (Lipinski definition) is 3. The predicted molar refractivity (Wildman–Crippen MR) is 82.7 cm³/mol. The molecule has 0 saturated carbocycles. The third-order valence-corrected chi connectivity index (χ3v) is 6.29. The lowest BCUT2D eigenvalue weighted by Gasteiger charge is -2.32. The van der Waals surface area contributed by atoms with Crippen LogP contribution in [0, 0.1) is 0 Å². The largest absolute Gasteiger partial charge is 1.00 e. The van der Waals surface area contributed by atoms with Crippen LogP contribution >= 0.6 is 19.3 Å². The third kappa shape index (κ3) is 8.83. The first kappa shape index (κ1) is 22.9. The molecule has 5 nitrogen and oxygen atoms in total. The van der Waals surface area contributed by atoms with Crippen molar-refractivity contribution in [2.24, 2.45) is 0 Å². The lowest BCUT2D eigenvalue weighted by atomic mass is 10.0. The maximum atomic E-state index is 12.8. The van der Waals surface area contributed by atoms with Gasteiger partial charge < -0.3 is 21.4 Å². The van der Waals surface area contributed by atoms with Gasteiger partial charge in [-0.25, -0.2) is 9.51 Å². The van der Waals surface area contributed by atoms with Gasteiger partial charge >= 0.3 is 0 Å². The van der Waals surface area contributed by atoms with Gasteiger partial charge in [-0.05, 0) is 39.1 Å². The van der Waals surface area contributed by atoms with E-state index in [0.29, 0.717) is 12.6 Å². The summed E-state index contributed by atoms with van der Waals surface area (Å²) in [6, 6.07) is 0. The highest BCUT2D eigenvalue weighted by molar-refractivity contribution is 7.56. The molecule has 8 heteroatoms. The van der Waals surface area contributed by atoms with E-state index in [9.17, 15) is 4.57 Å². The second kappa shape index (κ2) is 8.94. The first-order valence-corrected chi connectivity index (χ1v) is 8.64. The third-order valence-electron chi connectivity index (χ3n) is 3.18. The zero-order chi connectivity index (χ0) is 15.3. The van der Waals surface area contributed by atoms with E-state index < -0.39 is 7.52 Å². The first-order valence-electron chi connectivity index (χ1n) is 6.50. The molecule has 0 aliphatic rings. The quantitative estimate of drug-likeness (QED) is 0.342. The fourth-order valence-corrected chi connectivity index (χ4v) is 3.60. The minimum absolute atomic E-state index is 0. The second-order valence-electron chi connectivity index (χ2n) is 6.67. The van der Waals surface area contributed by atoms with E-state index in [2.05, 4.69) is 26.0 Å². The van der Waals surface area contributed by atoms with Crippen molar-refractivity contribution in [3.63, 3.8) is 0 Å². The zero-order valence-electron chi connectivity index (χ0n) is 13.7. The van der Waals surface area contributed by atoms with E-state index in [4.69, 9.17) is 16.3 Å². The summed E-state index contributed by atoms with van der Waals surface area (Å²) in [5, 5.41) is 0.